The smallest absolute Gasteiger partial charge is 0.352 e. The molecule has 0 radical (unpaired) electrons. The van der Waals surface area contributed by atoms with Gasteiger partial charge in [-0.2, -0.15) is 0 Å². The Labute approximate surface area is 121 Å². The number of anilines is 1. The van der Waals surface area contributed by atoms with Crippen LogP contribution in [0.1, 0.15) is 35.1 Å². The van der Waals surface area contributed by atoms with Crippen molar-refractivity contribution in [1.29, 1.82) is 0 Å². The van der Waals surface area contributed by atoms with Gasteiger partial charge in [0.25, 0.3) is 0 Å². The zero-order valence-electron chi connectivity index (χ0n) is 11.3. The summed E-state index contributed by atoms with van der Waals surface area (Å²) in [6, 6.07) is 3.74. The maximum absolute atomic E-state index is 11.2. The molecule has 106 valence electrons. The molecule has 1 fully saturated rings. The van der Waals surface area contributed by atoms with Gasteiger partial charge in [-0.3, -0.25) is 0 Å². The van der Waals surface area contributed by atoms with Crippen LogP contribution in [0.4, 0.5) is 5.13 Å². The number of hydrogen-bond donors (Lipinski definition) is 1. The van der Waals surface area contributed by atoms with E-state index in [9.17, 15) is 9.90 Å². The van der Waals surface area contributed by atoms with Crippen LogP contribution in [-0.4, -0.2) is 33.7 Å². The summed E-state index contributed by atoms with van der Waals surface area (Å²) in [7, 11) is 0. The van der Waals surface area contributed by atoms with Gasteiger partial charge >= 0.3 is 5.97 Å². The van der Waals surface area contributed by atoms with Gasteiger partial charge in [0.05, 0.1) is 5.69 Å². The average molecular weight is 291 g/mol. The van der Waals surface area contributed by atoms with Gasteiger partial charge in [0.15, 0.2) is 5.13 Å². The number of aryl methyl sites for hydroxylation is 1. The second-order valence-electron chi connectivity index (χ2n) is 5.10. The molecule has 2 aromatic rings. The van der Waals surface area contributed by atoms with Gasteiger partial charge < -0.3 is 14.6 Å². The first kappa shape index (κ1) is 13.2. The normalized spacial score (nSPS) is 16.6. The van der Waals surface area contributed by atoms with Gasteiger partial charge in [-0.25, -0.2) is 9.78 Å². The summed E-state index contributed by atoms with van der Waals surface area (Å²) in [6.45, 7) is 3.86. The van der Waals surface area contributed by atoms with E-state index < -0.39 is 5.97 Å². The number of carboxylic acid groups (broad SMARTS) is 1. The van der Waals surface area contributed by atoms with Crippen LogP contribution in [0.5, 0.6) is 0 Å². The molecule has 20 heavy (non-hydrogen) atoms. The monoisotopic (exact) mass is 291 g/mol. The highest BCUT2D eigenvalue weighted by Crippen LogP contribution is 2.29. The molecule has 0 aromatic carbocycles. The number of carbonyl (C=O) groups is 1. The van der Waals surface area contributed by atoms with E-state index in [1.165, 1.54) is 0 Å². The van der Waals surface area contributed by atoms with Crippen molar-refractivity contribution in [2.45, 2.75) is 25.8 Å². The predicted octanol–water partition coefficient (Wildman–Crippen LogP) is 2.79. The van der Waals surface area contributed by atoms with Crippen molar-refractivity contribution in [3.63, 3.8) is 0 Å². The predicted molar refractivity (Wildman–Crippen MR) is 78.7 cm³/mol. The summed E-state index contributed by atoms with van der Waals surface area (Å²) in [5, 5.41) is 12.3. The van der Waals surface area contributed by atoms with E-state index in [0.29, 0.717) is 5.69 Å². The second-order valence-corrected chi connectivity index (χ2v) is 5.93. The zero-order chi connectivity index (χ0) is 14.1. The van der Waals surface area contributed by atoms with Crippen LogP contribution < -0.4 is 4.90 Å². The van der Waals surface area contributed by atoms with E-state index in [1.54, 1.807) is 23.5 Å². The fourth-order valence-corrected chi connectivity index (χ4v) is 3.57. The quantitative estimate of drug-likeness (QED) is 0.944. The Morgan fingerprint density at radius 3 is 2.80 bits per heavy atom. The standard InChI is InChI=1S/C14H17N3O2S/c1-10-9-20-14(15-10)16-7-4-11(5-8-16)17-6-2-3-12(17)13(18)19/h2-3,6,9,11H,4-5,7-8H2,1H3,(H,18,19). The third-order valence-electron chi connectivity index (χ3n) is 3.73. The lowest BCUT2D eigenvalue weighted by atomic mass is 10.1. The fourth-order valence-electron chi connectivity index (χ4n) is 2.72. The molecule has 2 aromatic heterocycles. The molecule has 0 spiro atoms. The molecule has 0 amide bonds. The number of carboxylic acids is 1. The van der Waals surface area contributed by atoms with E-state index in [0.717, 1.165) is 36.8 Å². The summed E-state index contributed by atoms with van der Waals surface area (Å²) >= 11 is 1.68. The fraction of sp³-hybridized carbons (Fsp3) is 0.429. The summed E-state index contributed by atoms with van der Waals surface area (Å²) in [4.78, 5) is 18.0. The second kappa shape index (κ2) is 5.28. The molecule has 0 aliphatic carbocycles. The molecule has 5 nitrogen and oxygen atoms in total. The minimum Gasteiger partial charge on any atom is -0.477 e. The molecule has 0 bridgehead atoms. The van der Waals surface area contributed by atoms with E-state index in [-0.39, 0.29) is 6.04 Å². The minimum atomic E-state index is -0.854. The topological polar surface area (TPSA) is 58.4 Å². The number of nitrogens with zero attached hydrogens (tertiary/aromatic N) is 3. The highest BCUT2D eigenvalue weighted by atomic mass is 32.1. The van der Waals surface area contributed by atoms with Crippen LogP contribution in [0, 0.1) is 6.92 Å². The molecule has 6 heteroatoms. The van der Waals surface area contributed by atoms with Crippen molar-refractivity contribution in [3.8, 4) is 0 Å². The number of thiazole rings is 1. The van der Waals surface area contributed by atoms with E-state index >= 15 is 0 Å². The van der Waals surface area contributed by atoms with Crippen molar-refractivity contribution in [3.05, 3.63) is 35.1 Å². The first-order valence-electron chi connectivity index (χ1n) is 6.72. The Morgan fingerprint density at radius 2 is 2.20 bits per heavy atom. The van der Waals surface area contributed by atoms with Gasteiger partial charge in [-0.1, -0.05) is 0 Å². The molecule has 1 saturated heterocycles. The van der Waals surface area contributed by atoms with E-state index in [1.807, 2.05) is 17.7 Å². The molecule has 1 aliphatic heterocycles. The SMILES string of the molecule is Cc1csc(N2CCC(n3cccc3C(=O)O)CC2)n1. The number of aromatic nitrogens is 2. The van der Waals surface area contributed by atoms with Crippen molar-refractivity contribution in [1.82, 2.24) is 9.55 Å². The van der Waals surface area contributed by atoms with Gasteiger partial charge in [0, 0.05) is 30.7 Å². The molecular weight excluding hydrogens is 274 g/mol. The Balaban J connectivity index is 1.69. The third kappa shape index (κ3) is 2.43. The van der Waals surface area contributed by atoms with E-state index in [4.69, 9.17) is 0 Å². The van der Waals surface area contributed by atoms with Crippen molar-refractivity contribution >= 4 is 22.4 Å². The van der Waals surface area contributed by atoms with Crippen molar-refractivity contribution < 1.29 is 9.90 Å². The van der Waals surface area contributed by atoms with Crippen molar-refractivity contribution in [2.24, 2.45) is 0 Å². The zero-order valence-corrected chi connectivity index (χ0v) is 12.1. The minimum absolute atomic E-state index is 0.272. The molecule has 0 atom stereocenters. The highest BCUT2D eigenvalue weighted by molar-refractivity contribution is 7.13. The van der Waals surface area contributed by atoms with Crippen LogP contribution >= 0.6 is 11.3 Å². The molecule has 3 heterocycles. The molecule has 0 unspecified atom stereocenters. The van der Waals surface area contributed by atoms with Gasteiger partial charge in [0.2, 0.25) is 0 Å². The van der Waals surface area contributed by atoms with Gasteiger partial charge in [-0.05, 0) is 31.9 Å². The number of aromatic carboxylic acids is 1. The third-order valence-corrected chi connectivity index (χ3v) is 4.75. The van der Waals surface area contributed by atoms with Crippen molar-refractivity contribution in [2.75, 3.05) is 18.0 Å². The summed E-state index contributed by atoms with van der Waals surface area (Å²) in [5.74, 6) is -0.854. The summed E-state index contributed by atoms with van der Waals surface area (Å²) in [6.07, 6.45) is 3.78. The Hall–Kier alpha value is -1.82. The Bertz CT molecular complexity index is 611. The number of piperidine rings is 1. The highest BCUT2D eigenvalue weighted by Gasteiger charge is 2.24. The number of hydrogen-bond acceptors (Lipinski definition) is 4. The Kier molecular flexibility index (Phi) is 3.48. The Morgan fingerprint density at radius 1 is 1.45 bits per heavy atom. The molecule has 1 aliphatic rings. The van der Waals surface area contributed by atoms with Crippen LogP contribution in [0.2, 0.25) is 0 Å². The molecule has 3 rings (SSSR count). The maximum atomic E-state index is 11.2. The lowest BCUT2D eigenvalue weighted by molar-refractivity contribution is 0.0681. The summed E-state index contributed by atoms with van der Waals surface area (Å²) in [5.41, 5.74) is 1.44. The maximum Gasteiger partial charge on any atom is 0.352 e. The first-order valence-corrected chi connectivity index (χ1v) is 7.60. The van der Waals surface area contributed by atoms with Gasteiger partial charge in [0.1, 0.15) is 5.69 Å². The largest absolute Gasteiger partial charge is 0.477 e. The lowest BCUT2D eigenvalue weighted by Crippen LogP contribution is -2.35. The summed E-state index contributed by atoms with van der Waals surface area (Å²) < 4.78 is 1.90. The van der Waals surface area contributed by atoms with Crippen LogP contribution in [0.25, 0.3) is 0 Å². The van der Waals surface area contributed by atoms with E-state index in [2.05, 4.69) is 15.3 Å². The number of rotatable bonds is 3. The van der Waals surface area contributed by atoms with Crippen LogP contribution in [0.3, 0.4) is 0 Å². The lowest BCUT2D eigenvalue weighted by Gasteiger charge is -2.33. The molecule has 1 N–H and O–H groups in total. The average Bonchev–Trinajstić information content (AvgIpc) is 3.07. The van der Waals surface area contributed by atoms with Crippen LogP contribution in [-0.2, 0) is 0 Å². The van der Waals surface area contributed by atoms with Crippen LogP contribution in [0.15, 0.2) is 23.7 Å². The van der Waals surface area contributed by atoms with Gasteiger partial charge in [-0.15, -0.1) is 11.3 Å². The molecular formula is C14H17N3O2S. The first-order chi connectivity index (χ1) is 9.65. The molecule has 0 saturated carbocycles.